The second-order valence-electron chi connectivity index (χ2n) is 3.89. The van der Waals surface area contributed by atoms with Gasteiger partial charge in [0.2, 0.25) is 0 Å². The number of hydrazine groups is 1. The van der Waals surface area contributed by atoms with Crippen molar-refractivity contribution in [3.63, 3.8) is 0 Å². The topological polar surface area (TPSA) is 51.2 Å². The first-order valence-corrected chi connectivity index (χ1v) is 6.64. The van der Waals surface area contributed by atoms with Crippen LogP contribution in [-0.2, 0) is 6.42 Å². The Morgan fingerprint density at radius 2 is 2.11 bits per heavy atom. The summed E-state index contributed by atoms with van der Waals surface area (Å²) in [5.41, 5.74) is 2.73. The van der Waals surface area contributed by atoms with Crippen molar-refractivity contribution in [3.05, 3.63) is 54.2 Å². The molecule has 0 amide bonds. The summed E-state index contributed by atoms with van der Waals surface area (Å²) in [6.45, 7) is 0. The first-order chi connectivity index (χ1) is 8.79. The van der Waals surface area contributed by atoms with Gasteiger partial charge < -0.3 is 4.42 Å². The van der Waals surface area contributed by atoms with Gasteiger partial charge in [-0.25, -0.2) is 4.39 Å². The predicted octanol–water partition coefficient (Wildman–Crippen LogP) is 2.59. The molecule has 96 valence electrons. The summed E-state index contributed by atoms with van der Waals surface area (Å²) in [6, 6.07) is 10.5. The van der Waals surface area contributed by atoms with E-state index >= 15 is 0 Å². The lowest BCUT2D eigenvalue weighted by Gasteiger charge is -2.14. The predicted molar refractivity (Wildman–Crippen MR) is 70.6 cm³/mol. The maximum Gasteiger partial charge on any atom is 0.136 e. The number of halogens is 1. The van der Waals surface area contributed by atoms with Crippen LogP contribution < -0.4 is 11.3 Å². The van der Waals surface area contributed by atoms with Gasteiger partial charge >= 0.3 is 0 Å². The molecule has 3 N–H and O–H groups in total. The SMILES string of the molecule is NNC(CSc1ccccc1F)Cc1ccco1. The highest BCUT2D eigenvalue weighted by Crippen LogP contribution is 2.22. The molecule has 3 nitrogen and oxygen atoms in total. The van der Waals surface area contributed by atoms with E-state index in [9.17, 15) is 4.39 Å². The summed E-state index contributed by atoms with van der Waals surface area (Å²) in [7, 11) is 0. The van der Waals surface area contributed by atoms with Gasteiger partial charge in [0, 0.05) is 23.1 Å². The maximum absolute atomic E-state index is 13.4. The molecule has 0 fully saturated rings. The van der Waals surface area contributed by atoms with Crippen molar-refractivity contribution < 1.29 is 8.81 Å². The van der Waals surface area contributed by atoms with Crippen LogP contribution in [0.25, 0.3) is 0 Å². The summed E-state index contributed by atoms with van der Waals surface area (Å²) in [5.74, 6) is 6.84. The minimum atomic E-state index is -0.198. The number of hydrogen-bond donors (Lipinski definition) is 2. The smallest absolute Gasteiger partial charge is 0.136 e. The monoisotopic (exact) mass is 266 g/mol. The molecule has 1 aromatic carbocycles. The Labute approximate surface area is 110 Å². The summed E-state index contributed by atoms with van der Waals surface area (Å²) >= 11 is 1.44. The van der Waals surface area contributed by atoms with E-state index in [4.69, 9.17) is 10.3 Å². The fourth-order valence-electron chi connectivity index (χ4n) is 1.59. The number of nitrogens with one attached hydrogen (secondary N) is 1. The molecule has 2 aromatic rings. The summed E-state index contributed by atoms with van der Waals surface area (Å²) < 4.78 is 18.7. The molecule has 0 aliphatic carbocycles. The Balaban J connectivity index is 1.89. The number of furan rings is 1. The largest absolute Gasteiger partial charge is 0.469 e. The Morgan fingerprint density at radius 1 is 1.28 bits per heavy atom. The van der Waals surface area contributed by atoms with E-state index in [1.54, 1.807) is 18.4 Å². The van der Waals surface area contributed by atoms with Crippen molar-refractivity contribution in [1.29, 1.82) is 0 Å². The highest BCUT2D eigenvalue weighted by atomic mass is 32.2. The quantitative estimate of drug-likeness (QED) is 0.479. The average Bonchev–Trinajstić information content (AvgIpc) is 2.89. The second-order valence-corrected chi connectivity index (χ2v) is 4.95. The van der Waals surface area contributed by atoms with Crippen LogP contribution in [0, 0.1) is 5.82 Å². The third kappa shape index (κ3) is 3.60. The maximum atomic E-state index is 13.4. The number of thioether (sulfide) groups is 1. The van der Waals surface area contributed by atoms with Crippen LogP contribution in [0.15, 0.2) is 52.0 Å². The third-order valence-corrected chi connectivity index (χ3v) is 3.75. The molecule has 0 aliphatic rings. The van der Waals surface area contributed by atoms with Crippen LogP contribution >= 0.6 is 11.8 Å². The van der Waals surface area contributed by atoms with E-state index in [1.165, 1.54) is 17.8 Å². The van der Waals surface area contributed by atoms with Crippen LogP contribution in [0.5, 0.6) is 0 Å². The summed E-state index contributed by atoms with van der Waals surface area (Å²) in [5, 5.41) is 0. The molecule has 1 heterocycles. The molecule has 5 heteroatoms. The van der Waals surface area contributed by atoms with Gasteiger partial charge in [0.1, 0.15) is 11.6 Å². The molecule has 18 heavy (non-hydrogen) atoms. The van der Waals surface area contributed by atoms with Gasteiger partial charge in [0.25, 0.3) is 0 Å². The molecular weight excluding hydrogens is 251 g/mol. The molecule has 0 aliphatic heterocycles. The van der Waals surface area contributed by atoms with E-state index in [0.717, 1.165) is 5.76 Å². The molecule has 1 unspecified atom stereocenters. The first-order valence-electron chi connectivity index (χ1n) is 5.65. The van der Waals surface area contributed by atoms with Gasteiger partial charge in [-0.2, -0.15) is 0 Å². The minimum absolute atomic E-state index is 0.0424. The first kappa shape index (κ1) is 13.1. The lowest BCUT2D eigenvalue weighted by Crippen LogP contribution is -2.38. The van der Waals surface area contributed by atoms with Crippen molar-refractivity contribution in [2.24, 2.45) is 5.84 Å². The summed E-state index contributed by atoms with van der Waals surface area (Å²) in [6.07, 6.45) is 2.32. The van der Waals surface area contributed by atoms with Crippen molar-refractivity contribution >= 4 is 11.8 Å². The molecule has 0 saturated carbocycles. The van der Waals surface area contributed by atoms with Gasteiger partial charge in [-0.3, -0.25) is 11.3 Å². The normalized spacial score (nSPS) is 12.6. The van der Waals surface area contributed by atoms with Gasteiger partial charge in [-0.15, -0.1) is 11.8 Å². The zero-order valence-corrected chi connectivity index (χ0v) is 10.6. The van der Waals surface area contributed by atoms with E-state index in [2.05, 4.69) is 5.43 Å². The van der Waals surface area contributed by atoms with Gasteiger partial charge in [-0.05, 0) is 24.3 Å². The standard InChI is InChI=1S/C13H15FN2OS/c14-12-5-1-2-6-13(12)18-9-10(16-15)8-11-4-3-7-17-11/h1-7,10,16H,8-9,15H2. The molecule has 0 bridgehead atoms. The lowest BCUT2D eigenvalue weighted by molar-refractivity contribution is 0.465. The van der Waals surface area contributed by atoms with E-state index in [1.807, 2.05) is 18.2 Å². The molecule has 1 aromatic heterocycles. The van der Waals surface area contributed by atoms with E-state index in [0.29, 0.717) is 17.1 Å². The highest BCUT2D eigenvalue weighted by Gasteiger charge is 2.11. The molecular formula is C13H15FN2OS. The van der Waals surface area contributed by atoms with Crippen LogP contribution in [-0.4, -0.2) is 11.8 Å². The Morgan fingerprint density at radius 3 is 2.78 bits per heavy atom. The van der Waals surface area contributed by atoms with E-state index < -0.39 is 0 Å². The Bertz CT molecular complexity index is 476. The van der Waals surface area contributed by atoms with Gasteiger partial charge in [-0.1, -0.05) is 12.1 Å². The van der Waals surface area contributed by atoms with Crippen LogP contribution in [0.1, 0.15) is 5.76 Å². The Kier molecular flexibility index (Phi) is 4.81. The second kappa shape index (κ2) is 6.58. The fourth-order valence-corrected chi connectivity index (χ4v) is 2.57. The van der Waals surface area contributed by atoms with Gasteiger partial charge in [0.15, 0.2) is 0 Å². The molecule has 0 radical (unpaired) electrons. The number of rotatable bonds is 6. The van der Waals surface area contributed by atoms with Crippen molar-refractivity contribution in [1.82, 2.24) is 5.43 Å². The van der Waals surface area contributed by atoms with Crippen LogP contribution in [0.3, 0.4) is 0 Å². The van der Waals surface area contributed by atoms with Crippen LogP contribution in [0.4, 0.5) is 4.39 Å². The number of benzene rings is 1. The van der Waals surface area contributed by atoms with Crippen molar-refractivity contribution in [2.75, 3.05) is 5.75 Å². The zero-order valence-electron chi connectivity index (χ0n) is 9.80. The Hall–Kier alpha value is -1.30. The van der Waals surface area contributed by atoms with E-state index in [-0.39, 0.29) is 11.9 Å². The highest BCUT2D eigenvalue weighted by molar-refractivity contribution is 7.99. The molecule has 0 saturated heterocycles. The molecule has 0 spiro atoms. The third-order valence-electron chi connectivity index (χ3n) is 2.54. The van der Waals surface area contributed by atoms with Crippen molar-refractivity contribution in [2.45, 2.75) is 17.4 Å². The molecule has 2 rings (SSSR count). The average molecular weight is 266 g/mol. The minimum Gasteiger partial charge on any atom is -0.469 e. The zero-order chi connectivity index (χ0) is 12.8. The molecule has 1 atom stereocenters. The number of nitrogens with two attached hydrogens (primary N) is 1. The fraction of sp³-hybridized carbons (Fsp3) is 0.231. The van der Waals surface area contributed by atoms with Crippen molar-refractivity contribution in [3.8, 4) is 0 Å². The summed E-state index contributed by atoms with van der Waals surface area (Å²) in [4.78, 5) is 0.636. The van der Waals surface area contributed by atoms with Crippen LogP contribution in [0.2, 0.25) is 0 Å². The number of hydrogen-bond acceptors (Lipinski definition) is 4. The lowest BCUT2D eigenvalue weighted by atomic mass is 10.2. The van der Waals surface area contributed by atoms with Gasteiger partial charge in [0.05, 0.1) is 6.26 Å².